The van der Waals surface area contributed by atoms with E-state index in [9.17, 15) is 4.79 Å². The highest BCUT2D eigenvalue weighted by Gasteiger charge is 2.24. The van der Waals surface area contributed by atoms with Gasteiger partial charge in [0.25, 0.3) is 0 Å². The zero-order valence-electron chi connectivity index (χ0n) is 13.1. The van der Waals surface area contributed by atoms with Crippen LogP contribution in [0.3, 0.4) is 0 Å². The van der Waals surface area contributed by atoms with Gasteiger partial charge in [-0.05, 0) is 30.7 Å². The predicted octanol–water partition coefficient (Wildman–Crippen LogP) is 2.33. The van der Waals surface area contributed by atoms with Crippen LogP contribution >= 0.6 is 11.3 Å². The van der Waals surface area contributed by atoms with Crippen LogP contribution in [0.5, 0.6) is 0 Å². The Labute approximate surface area is 139 Å². The van der Waals surface area contributed by atoms with Gasteiger partial charge < -0.3 is 15.8 Å². The van der Waals surface area contributed by atoms with Crippen molar-refractivity contribution >= 4 is 22.4 Å². The molecule has 3 N–H and O–H groups in total. The number of carbonyl (C=O) groups is 1. The van der Waals surface area contributed by atoms with Gasteiger partial charge in [-0.25, -0.2) is 4.98 Å². The number of ether oxygens (including phenoxy) is 1. The summed E-state index contributed by atoms with van der Waals surface area (Å²) in [4.78, 5) is 17.8. The molecule has 122 valence electrons. The van der Waals surface area contributed by atoms with Crippen LogP contribution < -0.4 is 11.1 Å². The molecule has 1 aliphatic carbocycles. The van der Waals surface area contributed by atoms with Crippen molar-refractivity contribution in [2.45, 2.75) is 31.2 Å². The van der Waals surface area contributed by atoms with Crippen molar-refractivity contribution in [1.29, 1.82) is 0 Å². The first kappa shape index (κ1) is 16.1. The molecule has 0 bridgehead atoms. The molecule has 1 aliphatic rings. The number of methoxy groups -OCH3 is 1. The number of nitrogens with zero attached hydrogens (tertiary/aromatic N) is 1. The fourth-order valence-corrected chi connectivity index (χ4v) is 3.98. The maximum atomic E-state index is 12.0. The van der Waals surface area contributed by atoms with Gasteiger partial charge in [-0.15, -0.1) is 11.3 Å². The molecule has 2 atom stereocenters. The van der Waals surface area contributed by atoms with E-state index in [1.54, 1.807) is 11.3 Å². The van der Waals surface area contributed by atoms with E-state index in [1.807, 2.05) is 6.07 Å². The molecule has 0 fully saturated rings. The second-order valence-corrected chi connectivity index (χ2v) is 6.87. The Morgan fingerprint density at radius 1 is 1.48 bits per heavy atom. The Morgan fingerprint density at radius 3 is 3.00 bits per heavy atom. The van der Waals surface area contributed by atoms with Gasteiger partial charge >= 0.3 is 0 Å². The largest absolute Gasteiger partial charge is 0.383 e. The highest BCUT2D eigenvalue weighted by atomic mass is 32.1. The van der Waals surface area contributed by atoms with Crippen LogP contribution in [0.15, 0.2) is 30.3 Å². The molecule has 1 heterocycles. The number of nitrogens with two attached hydrogens (primary N) is 1. The second-order valence-electron chi connectivity index (χ2n) is 5.79. The summed E-state index contributed by atoms with van der Waals surface area (Å²) in [6.07, 6.45) is 3.03. The van der Waals surface area contributed by atoms with Gasteiger partial charge in [0.1, 0.15) is 6.04 Å². The summed E-state index contributed by atoms with van der Waals surface area (Å²) in [7, 11) is 1.53. The van der Waals surface area contributed by atoms with Crippen LogP contribution in [0.2, 0.25) is 0 Å². The zero-order valence-corrected chi connectivity index (χ0v) is 13.9. The minimum Gasteiger partial charge on any atom is -0.383 e. The lowest BCUT2D eigenvalue weighted by molar-refractivity contribution is -0.118. The number of anilines is 1. The number of thiazole rings is 1. The lowest BCUT2D eigenvalue weighted by Gasteiger charge is -2.21. The Bertz CT molecular complexity index is 672. The minimum atomic E-state index is -0.669. The molecule has 3 rings (SSSR count). The summed E-state index contributed by atoms with van der Waals surface area (Å²) < 4.78 is 4.90. The van der Waals surface area contributed by atoms with E-state index >= 15 is 0 Å². The molecule has 0 saturated heterocycles. The Balaban J connectivity index is 1.68. The number of amides is 1. The van der Waals surface area contributed by atoms with Crippen molar-refractivity contribution in [2.24, 2.45) is 5.73 Å². The molecule has 1 aromatic carbocycles. The summed E-state index contributed by atoms with van der Waals surface area (Å²) in [5.41, 5.74) is 8.22. The average molecular weight is 331 g/mol. The standard InChI is InChI=1S/C17H21N3O2S/c1-22-10-13(18)16(21)20-17-19-14-8-7-12(9-15(14)23-17)11-5-3-2-4-6-11/h2-6,12-13H,7-10,18H2,1H3,(H,19,20,21). The predicted molar refractivity (Wildman–Crippen MR) is 91.8 cm³/mol. The third-order valence-electron chi connectivity index (χ3n) is 4.12. The van der Waals surface area contributed by atoms with Crippen molar-refractivity contribution in [3.8, 4) is 0 Å². The molecule has 0 aliphatic heterocycles. The molecule has 1 amide bonds. The lowest BCUT2D eigenvalue weighted by Crippen LogP contribution is -2.39. The molecule has 2 aromatic rings. The number of nitrogens with one attached hydrogen (secondary N) is 1. The summed E-state index contributed by atoms with van der Waals surface area (Å²) in [5.74, 6) is 0.279. The van der Waals surface area contributed by atoms with Crippen LogP contribution in [0.1, 0.15) is 28.5 Å². The van der Waals surface area contributed by atoms with Gasteiger partial charge in [-0.3, -0.25) is 4.79 Å². The zero-order chi connectivity index (χ0) is 16.2. The fraction of sp³-hybridized carbons (Fsp3) is 0.412. The van der Waals surface area contributed by atoms with Crippen LogP contribution in [-0.2, 0) is 22.4 Å². The number of hydrogen-bond acceptors (Lipinski definition) is 5. The number of rotatable bonds is 5. The van der Waals surface area contributed by atoms with Gasteiger partial charge in [0.2, 0.25) is 5.91 Å². The first-order valence-corrected chi connectivity index (χ1v) is 8.58. The number of aromatic nitrogens is 1. The van der Waals surface area contributed by atoms with E-state index in [4.69, 9.17) is 10.5 Å². The lowest BCUT2D eigenvalue weighted by atomic mass is 9.85. The first-order chi connectivity index (χ1) is 11.2. The molecule has 6 heteroatoms. The first-order valence-electron chi connectivity index (χ1n) is 7.76. The van der Waals surface area contributed by atoms with Crippen LogP contribution in [-0.4, -0.2) is 30.6 Å². The van der Waals surface area contributed by atoms with Gasteiger partial charge in [-0.2, -0.15) is 0 Å². The normalized spacial score (nSPS) is 18.3. The number of hydrogen-bond donors (Lipinski definition) is 2. The van der Waals surface area contributed by atoms with E-state index in [0.717, 1.165) is 25.0 Å². The summed E-state index contributed by atoms with van der Waals surface area (Å²) in [6, 6.07) is 9.91. The molecule has 0 saturated carbocycles. The molecule has 0 radical (unpaired) electrons. The van der Waals surface area contributed by atoms with E-state index in [0.29, 0.717) is 11.0 Å². The second kappa shape index (κ2) is 7.21. The minimum absolute atomic E-state index is 0.201. The Hall–Kier alpha value is -1.76. The smallest absolute Gasteiger partial charge is 0.245 e. The van der Waals surface area contributed by atoms with Crippen molar-refractivity contribution < 1.29 is 9.53 Å². The molecule has 1 aromatic heterocycles. The number of fused-ring (bicyclic) bond motifs is 1. The topological polar surface area (TPSA) is 77.2 Å². The van der Waals surface area contributed by atoms with Gasteiger partial charge in [-0.1, -0.05) is 30.3 Å². The molecule has 5 nitrogen and oxygen atoms in total. The fourth-order valence-electron chi connectivity index (χ4n) is 2.89. The molecule has 23 heavy (non-hydrogen) atoms. The van der Waals surface area contributed by atoms with E-state index in [2.05, 4.69) is 34.6 Å². The summed E-state index contributed by atoms with van der Waals surface area (Å²) in [6.45, 7) is 0.201. The Kier molecular flexibility index (Phi) is 5.05. The van der Waals surface area contributed by atoms with Crippen LogP contribution in [0.4, 0.5) is 5.13 Å². The van der Waals surface area contributed by atoms with Crippen molar-refractivity contribution in [3.63, 3.8) is 0 Å². The van der Waals surface area contributed by atoms with E-state index < -0.39 is 6.04 Å². The molecular weight excluding hydrogens is 310 g/mol. The number of carbonyl (C=O) groups excluding carboxylic acids is 1. The monoisotopic (exact) mass is 331 g/mol. The Morgan fingerprint density at radius 2 is 2.26 bits per heavy atom. The van der Waals surface area contributed by atoms with Crippen molar-refractivity contribution in [1.82, 2.24) is 4.98 Å². The van der Waals surface area contributed by atoms with E-state index in [1.165, 1.54) is 17.6 Å². The van der Waals surface area contributed by atoms with Gasteiger partial charge in [0.05, 0.1) is 12.3 Å². The van der Waals surface area contributed by atoms with Gasteiger partial charge in [0.15, 0.2) is 5.13 Å². The SMILES string of the molecule is COCC(N)C(=O)Nc1nc2c(s1)CC(c1ccccc1)CC2. The molecule has 0 spiro atoms. The third kappa shape index (κ3) is 3.77. The molecular formula is C17H21N3O2S. The highest BCUT2D eigenvalue weighted by Crippen LogP contribution is 2.36. The summed E-state index contributed by atoms with van der Waals surface area (Å²) >= 11 is 1.56. The maximum absolute atomic E-state index is 12.0. The number of aryl methyl sites for hydroxylation is 1. The third-order valence-corrected chi connectivity index (χ3v) is 5.16. The van der Waals surface area contributed by atoms with Crippen LogP contribution in [0.25, 0.3) is 0 Å². The van der Waals surface area contributed by atoms with Crippen molar-refractivity contribution in [3.05, 3.63) is 46.5 Å². The quantitative estimate of drug-likeness (QED) is 0.881. The molecule has 2 unspecified atom stereocenters. The van der Waals surface area contributed by atoms with Gasteiger partial charge in [0, 0.05) is 12.0 Å². The maximum Gasteiger partial charge on any atom is 0.245 e. The van der Waals surface area contributed by atoms with Crippen molar-refractivity contribution in [2.75, 3.05) is 19.0 Å². The highest BCUT2D eigenvalue weighted by molar-refractivity contribution is 7.15. The number of benzene rings is 1. The van der Waals surface area contributed by atoms with Crippen LogP contribution in [0, 0.1) is 0 Å². The van der Waals surface area contributed by atoms with E-state index in [-0.39, 0.29) is 12.5 Å². The summed E-state index contributed by atoms with van der Waals surface area (Å²) in [5, 5.41) is 3.44. The average Bonchev–Trinajstić information content (AvgIpc) is 2.97.